The van der Waals surface area contributed by atoms with Crippen LogP contribution in [0.15, 0.2) is 0 Å². The Hall–Kier alpha value is -0.330. The molecule has 6 heteroatoms. The minimum absolute atomic E-state index is 0.0141. The zero-order chi connectivity index (χ0) is 15.1. The Morgan fingerprint density at radius 1 is 1.18 bits per heavy atom. The second-order valence-corrected chi connectivity index (χ2v) is 8.61. The molecule has 22 heavy (non-hydrogen) atoms. The van der Waals surface area contributed by atoms with Gasteiger partial charge in [-0.25, -0.2) is 4.39 Å². The van der Waals surface area contributed by atoms with E-state index in [0.29, 0.717) is 23.1 Å². The number of halogens is 1. The molecule has 2 aliphatic carbocycles. The fourth-order valence-electron chi connectivity index (χ4n) is 4.83. The molecule has 0 aromatic heterocycles. The van der Waals surface area contributed by atoms with E-state index in [4.69, 9.17) is 0 Å². The van der Waals surface area contributed by atoms with Crippen LogP contribution >= 0.6 is 11.8 Å². The monoisotopic (exact) mass is 327 g/mol. The summed E-state index contributed by atoms with van der Waals surface area (Å²) in [5.41, 5.74) is 0.0340. The minimum atomic E-state index is -0.582. The molecule has 0 aromatic carbocycles. The van der Waals surface area contributed by atoms with Crippen molar-refractivity contribution in [1.29, 1.82) is 0 Å². The van der Waals surface area contributed by atoms with Crippen molar-refractivity contribution >= 4 is 17.7 Å². The first-order valence-corrected chi connectivity index (χ1v) is 9.74. The number of rotatable bonds is 2. The molecular weight excluding hydrogens is 301 g/mol. The van der Waals surface area contributed by atoms with Crippen molar-refractivity contribution in [2.24, 2.45) is 11.8 Å². The van der Waals surface area contributed by atoms with E-state index in [1.807, 2.05) is 11.8 Å². The number of nitrogens with one attached hydrogen (secondary N) is 3. The Morgan fingerprint density at radius 2 is 2.09 bits per heavy atom. The van der Waals surface area contributed by atoms with Crippen LogP contribution in [0.4, 0.5) is 4.39 Å². The van der Waals surface area contributed by atoms with Gasteiger partial charge in [0.2, 0.25) is 5.91 Å². The smallest absolute Gasteiger partial charge is 0.239 e. The zero-order valence-corrected chi connectivity index (χ0v) is 13.7. The topological polar surface area (TPSA) is 53.2 Å². The van der Waals surface area contributed by atoms with E-state index in [1.54, 1.807) is 0 Å². The third kappa shape index (κ3) is 2.89. The first-order chi connectivity index (χ1) is 10.7. The number of hydrogen-bond donors (Lipinski definition) is 3. The fourth-order valence-corrected chi connectivity index (χ4v) is 6.55. The van der Waals surface area contributed by atoms with Gasteiger partial charge in [-0.3, -0.25) is 10.1 Å². The Labute approximate surface area is 135 Å². The summed E-state index contributed by atoms with van der Waals surface area (Å²) in [5, 5.41) is 10.6. The lowest BCUT2D eigenvalue weighted by Crippen LogP contribution is -2.50. The van der Waals surface area contributed by atoms with Crippen LogP contribution in [0.3, 0.4) is 0 Å². The summed E-state index contributed by atoms with van der Waals surface area (Å²) in [5.74, 6) is 1.32. The first kappa shape index (κ1) is 15.2. The van der Waals surface area contributed by atoms with Gasteiger partial charge in [-0.15, -0.1) is 11.8 Å². The number of fused-ring (bicyclic) bond motifs is 3. The van der Waals surface area contributed by atoms with E-state index < -0.39 is 6.17 Å². The molecule has 2 saturated carbocycles. The summed E-state index contributed by atoms with van der Waals surface area (Å²) in [6, 6.07) is 0.476. The molecule has 2 saturated heterocycles. The Bertz CT molecular complexity index is 432. The summed E-state index contributed by atoms with van der Waals surface area (Å²) in [6.45, 7) is 0.947. The maximum absolute atomic E-state index is 13.6. The molecule has 1 amide bonds. The maximum Gasteiger partial charge on any atom is 0.239 e. The van der Waals surface area contributed by atoms with E-state index in [9.17, 15) is 9.18 Å². The molecule has 2 heterocycles. The van der Waals surface area contributed by atoms with Crippen LogP contribution in [0.25, 0.3) is 0 Å². The number of carbonyl (C=O) groups is 1. The quantitative estimate of drug-likeness (QED) is 0.723. The van der Waals surface area contributed by atoms with Crippen molar-refractivity contribution in [1.82, 2.24) is 16.0 Å². The van der Waals surface area contributed by atoms with Crippen molar-refractivity contribution in [2.45, 2.75) is 73.9 Å². The highest BCUT2D eigenvalue weighted by molar-refractivity contribution is 8.00. The van der Waals surface area contributed by atoms with Crippen LogP contribution in [0.5, 0.6) is 0 Å². The number of alkyl halides is 1. The molecule has 2 aliphatic heterocycles. The normalized spacial score (nSPS) is 47.8. The standard InChI is InChI=1S/C16H26FN3OS/c17-10-4-5-11-9(8-10)3-6-12-14(11)22-16(19-12)20-15(21)13-2-1-7-18-13/h9-14,16,18-19H,1-8H2,(H,20,21)/t9?,10?,11?,12?,13-,14?,16?/m1/s1. The SMILES string of the molecule is O=C(NC1NC2CCC3CC(F)CCC3C2S1)[C@H]1CCCN1. The largest absolute Gasteiger partial charge is 0.330 e. The number of hydrogen-bond acceptors (Lipinski definition) is 4. The Balaban J connectivity index is 1.36. The van der Waals surface area contributed by atoms with Gasteiger partial charge in [-0.05, 0) is 63.3 Å². The van der Waals surface area contributed by atoms with Crippen molar-refractivity contribution < 1.29 is 9.18 Å². The summed E-state index contributed by atoms with van der Waals surface area (Å²) < 4.78 is 13.6. The second-order valence-electron chi connectivity index (χ2n) is 7.32. The fraction of sp³-hybridized carbons (Fsp3) is 0.938. The molecule has 0 radical (unpaired) electrons. The zero-order valence-electron chi connectivity index (χ0n) is 12.9. The average molecular weight is 327 g/mol. The third-order valence-corrected chi connectivity index (χ3v) is 7.47. The van der Waals surface area contributed by atoms with Gasteiger partial charge in [0.1, 0.15) is 11.7 Å². The number of carbonyl (C=O) groups excluding carboxylic acids is 1. The highest BCUT2D eigenvalue weighted by atomic mass is 32.2. The van der Waals surface area contributed by atoms with E-state index in [2.05, 4.69) is 16.0 Å². The molecule has 124 valence electrons. The molecule has 0 bridgehead atoms. The lowest BCUT2D eigenvalue weighted by atomic mass is 9.68. The molecule has 4 rings (SSSR count). The molecular formula is C16H26FN3OS. The summed E-state index contributed by atoms with van der Waals surface area (Å²) in [4.78, 5) is 12.3. The van der Waals surface area contributed by atoms with Crippen molar-refractivity contribution in [2.75, 3.05) is 6.54 Å². The molecule has 3 N–H and O–H groups in total. The molecule has 0 spiro atoms. The molecule has 0 aromatic rings. The van der Waals surface area contributed by atoms with Crippen molar-refractivity contribution in [3.63, 3.8) is 0 Å². The van der Waals surface area contributed by atoms with Gasteiger partial charge < -0.3 is 10.6 Å². The van der Waals surface area contributed by atoms with E-state index >= 15 is 0 Å². The van der Waals surface area contributed by atoms with Gasteiger partial charge in [0.15, 0.2) is 0 Å². The van der Waals surface area contributed by atoms with Crippen LogP contribution in [-0.4, -0.2) is 41.5 Å². The summed E-state index contributed by atoms with van der Waals surface area (Å²) in [7, 11) is 0. The Morgan fingerprint density at radius 3 is 2.91 bits per heavy atom. The highest BCUT2D eigenvalue weighted by Crippen LogP contribution is 2.48. The molecule has 4 aliphatic rings. The van der Waals surface area contributed by atoms with Gasteiger partial charge in [-0.1, -0.05) is 0 Å². The molecule has 7 atom stereocenters. The van der Waals surface area contributed by atoms with Crippen LogP contribution < -0.4 is 16.0 Å². The van der Waals surface area contributed by atoms with Crippen LogP contribution in [0.2, 0.25) is 0 Å². The van der Waals surface area contributed by atoms with Gasteiger partial charge in [0.05, 0.1) is 6.04 Å². The third-order valence-electron chi connectivity index (χ3n) is 5.95. The van der Waals surface area contributed by atoms with Gasteiger partial charge >= 0.3 is 0 Å². The van der Waals surface area contributed by atoms with Crippen LogP contribution in [-0.2, 0) is 4.79 Å². The van der Waals surface area contributed by atoms with Crippen LogP contribution in [0.1, 0.15) is 44.9 Å². The summed E-state index contributed by atoms with van der Waals surface area (Å²) >= 11 is 1.88. The molecule has 4 fully saturated rings. The first-order valence-electron chi connectivity index (χ1n) is 8.80. The second kappa shape index (κ2) is 6.29. The van der Waals surface area contributed by atoms with Gasteiger partial charge in [0, 0.05) is 11.3 Å². The maximum atomic E-state index is 13.6. The van der Waals surface area contributed by atoms with Crippen molar-refractivity contribution in [3.8, 4) is 0 Å². The number of thioether (sulfide) groups is 1. The average Bonchev–Trinajstić information content (AvgIpc) is 3.15. The lowest BCUT2D eigenvalue weighted by Gasteiger charge is -2.42. The van der Waals surface area contributed by atoms with E-state index in [-0.39, 0.29) is 17.4 Å². The van der Waals surface area contributed by atoms with E-state index in [0.717, 1.165) is 51.5 Å². The molecule has 4 nitrogen and oxygen atoms in total. The van der Waals surface area contributed by atoms with E-state index in [1.165, 1.54) is 0 Å². The van der Waals surface area contributed by atoms with Gasteiger partial charge in [-0.2, -0.15) is 0 Å². The van der Waals surface area contributed by atoms with Crippen LogP contribution in [0, 0.1) is 11.8 Å². The van der Waals surface area contributed by atoms with Crippen molar-refractivity contribution in [3.05, 3.63) is 0 Å². The molecule has 6 unspecified atom stereocenters. The summed E-state index contributed by atoms with van der Waals surface area (Å²) in [6.07, 6.45) is 6.23. The minimum Gasteiger partial charge on any atom is -0.330 e. The Kier molecular flexibility index (Phi) is 4.35. The highest BCUT2D eigenvalue weighted by Gasteiger charge is 2.47. The van der Waals surface area contributed by atoms with Gasteiger partial charge in [0.25, 0.3) is 0 Å². The number of amides is 1. The predicted octanol–water partition coefficient (Wildman–Crippen LogP) is 1.76. The predicted molar refractivity (Wildman–Crippen MR) is 86.2 cm³/mol. The lowest BCUT2D eigenvalue weighted by molar-refractivity contribution is -0.123.